The number of likely N-dealkylation sites (tertiary alicyclic amines) is 1. The van der Waals surface area contributed by atoms with Crippen LogP contribution in [0.2, 0.25) is 0 Å². The van der Waals surface area contributed by atoms with Gasteiger partial charge in [0.25, 0.3) is 0 Å². The molecule has 2 aliphatic rings. The normalized spacial score (nSPS) is 21.4. The minimum atomic E-state index is -0.266. The van der Waals surface area contributed by atoms with Crippen molar-refractivity contribution in [3.63, 3.8) is 0 Å². The van der Waals surface area contributed by atoms with E-state index in [1.165, 1.54) is 25.7 Å². The second-order valence-corrected chi connectivity index (χ2v) is 7.32. The Morgan fingerprint density at radius 2 is 2.00 bits per heavy atom. The van der Waals surface area contributed by atoms with Gasteiger partial charge in [0.1, 0.15) is 17.6 Å². The number of nitrogens with zero attached hydrogens (tertiary/aromatic N) is 1. The fourth-order valence-corrected chi connectivity index (χ4v) is 4.07. The van der Waals surface area contributed by atoms with Crippen molar-refractivity contribution in [3.05, 3.63) is 23.7 Å². The highest BCUT2D eigenvalue weighted by Gasteiger charge is 2.28. The summed E-state index contributed by atoms with van der Waals surface area (Å²) in [6, 6.07) is 4.41. The molecular weight excluding hydrogens is 318 g/mol. The Hall–Kier alpha value is -1.53. The lowest BCUT2D eigenvalue weighted by atomic mass is 10.0. The van der Waals surface area contributed by atoms with Gasteiger partial charge in [-0.2, -0.15) is 0 Å². The minimum Gasteiger partial charge on any atom is -0.464 e. The predicted molar refractivity (Wildman–Crippen MR) is 96.6 cm³/mol. The van der Waals surface area contributed by atoms with Gasteiger partial charge in [0.05, 0.1) is 6.61 Å². The Labute approximate surface area is 150 Å². The van der Waals surface area contributed by atoms with Crippen LogP contribution in [0.15, 0.2) is 16.5 Å². The maximum atomic E-state index is 12.4. The zero-order valence-corrected chi connectivity index (χ0v) is 15.4. The molecule has 2 fully saturated rings. The molecule has 2 amide bonds. The Balaban J connectivity index is 1.45. The average molecular weight is 349 g/mol. The molecule has 1 aliphatic carbocycles. The molecule has 0 spiro atoms. The van der Waals surface area contributed by atoms with Crippen LogP contribution >= 0.6 is 0 Å². The number of urea groups is 1. The number of rotatable bonds is 6. The first-order valence-corrected chi connectivity index (χ1v) is 9.52. The monoisotopic (exact) mass is 349 g/mol. The summed E-state index contributed by atoms with van der Waals surface area (Å²) >= 11 is 0. The van der Waals surface area contributed by atoms with Gasteiger partial charge in [-0.1, -0.05) is 12.8 Å². The van der Waals surface area contributed by atoms with E-state index >= 15 is 0 Å². The number of ether oxygens (including phenoxy) is 1. The van der Waals surface area contributed by atoms with Gasteiger partial charge in [0, 0.05) is 32.3 Å². The predicted octanol–water partition coefficient (Wildman–Crippen LogP) is 2.98. The first-order chi connectivity index (χ1) is 12.2. The molecule has 2 heterocycles. The SMILES string of the molecule is COC[C@H](NC(=O)NC1CCN(C2CCCC2)CC1)c1ccc(C)o1. The summed E-state index contributed by atoms with van der Waals surface area (Å²) in [5.74, 6) is 1.56. The second-order valence-electron chi connectivity index (χ2n) is 7.32. The summed E-state index contributed by atoms with van der Waals surface area (Å²) in [7, 11) is 1.63. The van der Waals surface area contributed by atoms with Crippen LogP contribution in [0.4, 0.5) is 4.79 Å². The smallest absolute Gasteiger partial charge is 0.315 e. The quantitative estimate of drug-likeness (QED) is 0.828. The number of carbonyl (C=O) groups excluding carboxylic acids is 1. The molecular formula is C19H31N3O3. The van der Waals surface area contributed by atoms with E-state index in [9.17, 15) is 4.79 Å². The fraction of sp³-hybridized carbons (Fsp3) is 0.737. The third-order valence-corrected chi connectivity index (χ3v) is 5.45. The molecule has 0 radical (unpaired) electrons. The zero-order valence-electron chi connectivity index (χ0n) is 15.4. The molecule has 1 atom stereocenters. The summed E-state index contributed by atoms with van der Waals surface area (Å²) in [6.45, 7) is 4.47. The minimum absolute atomic E-state index is 0.143. The average Bonchev–Trinajstić information content (AvgIpc) is 3.27. The second kappa shape index (κ2) is 8.72. The highest BCUT2D eigenvalue weighted by atomic mass is 16.5. The number of hydrogen-bond donors (Lipinski definition) is 2. The highest BCUT2D eigenvalue weighted by Crippen LogP contribution is 2.26. The van der Waals surface area contributed by atoms with Gasteiger partial charge in [0.15, 0.2) is 0 Å². The number of methoxy groups -OCH3 is 1. The first-order valence-electron chi connectivity index (χ1n) is 9.52. The summed E-state index contributed by atoms with van der Waals surface area (Å²) in [6.07, 6.45) is 7.49. The number of hydrogen-bond acceptors (Lipinski definition) is 4. The van der Waals surface area contributed by atoms with Crippen LogP contribution in [-0.2, 0) is 4.74 Å². The van der Waals surface area contributed by atoms with Crippen LogP contribution in [-0.4, -0.2) is 49.8 Å². The van der Waals surface area contributed by atoms with Gasteiger partial charge < -0.3 is 24.7 Å². The first kappa shape index (κ1) is 18.3. The van der Waals surface area contributed by atoms with E-state index in [0.717, 1.165) is 43.5 Å². The van der Waals surface area contributed by atoms with Crippen molar-refractivity contribution in [2.75, 3.05) is 26.8 Å². The van der Waals surface area contributed by atoms with E-state index in [0.29, 0.717) is 6.61 Å². The van der Waals surface area contributed by atoms with Crippen molar-refractivity contribution >= 4 is 6.03 Å². The molecule has 1 aromatic rings. The van der Waals surface area contributed by atoms with E-state index < -0.39 is 0 Å². The Morgan fingerprint density at radius 3 is 2.60 bits per heavy atom. The molecule has 0 aromatic carbocycles. The van der Waals surface area contributed by atoms with Crippen LogP contribution in [0.1, 0.15) is 56.1 Å². The third-order valence-electron chi connectivity index (χ3n) is 5.45. The third kappa shape index (κ3) is 4.98. The number of carbonyl (C=O) groups is 1. The van der Waals surface area contributed by atoms with E-state index in [1.54, 1.807) is 7.11 Å². The Bertz CT molecular complexity index is 546. The van der Waals surface area contributed by atoms with Crippen LogP contribution in [0.3, 0.4) is 0 Å². The molecule has 25 heavy (non-hydrogen) atoms. The molecule has 0 unspecified atom stereocenters. The topological polar surface area (TPSA) is 66.7 Å². The number of furan rings is 1. The summed E-state index contributed by atoms with van der Waals surface area (Å²) in [4.78, 5) is 15.0. The summed E-state index contributed by atoms with van der Waals surface area (Å²) < 4.78 is 10.9. The van der Waals surface area contributed by atoms with Gasteiger partial charge in [-0.25, -0.2) is 4.79 Å². The van der Waals surface area contributed by atoms with Gasteiger partial charge in [-0.05, 0) is 44.7 Å². The van der Waals surface area contributed by atoms with Crippen LogP contribution in [0, 0.1) is 6.92 Å². The molecule has 2 N–H and O–H groups in total. The lowest BCUT2D eigenvalue weighted by Crippen LogP contribution is -2.50. The lowest BCUT2D eigenvalue weighted by Gasteiger charge is -2.36. The van der Waals surface area contributed by atoms with Crippen LogP contribution in [0.25, 0.3) is 0 Å². The van der Waals surface area contributed by atoms with Gasteiger partial charge in [0.2, 0.25) is 0 Å². The Kier molecular flexibility index (Phi) is 6.37. The standard InChI is InChI=1S/C19H31N3O3/c1-14-7-8-18(25-14)17(13-24-2)21-19(23)20-15-9-11-22(12-10-15)16-5-3-4-6-16/h7-8,15-17H,3-6,9-13H2,1-2H3,(H2,20,21,23)/t17-/m0/s1. The van der Waals surface area contributed by atoms with Gasteiger partial charge in [-0.15, -0.1) is 0 Å². The molecule has 1 saturated heterocycles. The van der Waals surface area contributed by atoms with Crippen molar-refractivity contribution in [1.82, 2.24) is 15.5 Å². The highest BCUT2D eigenvalue weighted by molar-refractivity contribution is 5.74. The van der Waals surface area contributed by atoms with Gasteiger partial charge >= 0.3 is 6.03 Å². The molecule has 1 aliphatic heterocycles. The van der Waals surface area contributed by atoms with E-state index in [-0.39, 0.29) is 18.1 Å². The number of piperidine rings is 1. The van der Waals surface area contributed by atoms with E-state index in [1.807, 2.05) is 19.1 Å². The lowest BCUT2D eigenvalue weighted by molar-refractivity contribution is 0.140. The summed E-state index contributed by atoms with van der Waals surface area (Å²) in [5.41, 5.74) is 0. The maximum absolute atomic E-state index is 12.4. The number of amides is 2. The van der Waals surface area contributed by atoms with Gasteiger partial charge in [-0.3, -0.25) is 0 Å². The molecule has 140 valence electrons. The van der Waals surface area contributed by atoms with E-state index in [2.05, 4.69) is 15.5 Å². The van der Waals surface area contributed by atoms with Crippen molar-refractivity contribution in [2.24, 2.45) is 0 Å². The molecule has 6 nitrogen and oxygen atoms in total. The van der Waals surface area contributed by atoms with Crippen molar-refractivity contribution in [1.29, 1.82) is 0 Å². The molecule has 6 heteroatoms. The summed E-state index contributed by atoms with van der Waals surface area (Å²) in [5, 5.41) is 6.10. The van der Waals surface area contributed by atoms with Crippen LogP contribution < -0.4 is 10.6 Å². The van der Waals surface area contributed by atoms with Crippen LogP contribution in [0.5, 0.6) is 0 Å². The number of aryl methyl sites for hydroxylation is 1. The zero-order chi connectivity index (χ0) is 17.6. The maximum Gasteiger partial charge on any atom is 0.315 e. The Morgan fingerprint density at radius 1 is 1.28 bits per heavy atom. The largest absolute Gasteiger partial charge is 0.464 e. The molecule has 1 saturated carbocycles. The number of nitrogens with one attached hydrogen (secondary N) is 2. The van der Waals surface area contributed by atoms with Crippen molar-refractivity contribution < 1.29 is 13.9 Å². The molecule has 3 rings (SSSR count). The fourth-order valence-electron chi connectivity index (χ4n) is 4.07. The molecule has 1 aromatic heterocycles. The van der Waals surface area contributed by atoms with E-state index in [4.69, 9.17) is 9.15 Å². The molecule has 0 bridgehead atoms. The van der Waals surface area contributed by atoms with Crippen molar-refractivity contribution in [2.45, 2.75) is 63.6 Å². The van der Waals surface area contributed by atoms with Crippen molar-refractivity contribution in [3.8, 4) is 0 Å².